The summed E-state index contributed by atoms with van der Waals surface area (Å²) in [4.78, 5) is 27.6. The Bertz CT molecular complexity index is 1090. The molecule has 5 nitrogen and oxygen atoms in total. The average Bonchev–Trinajstić information content (AvgIpc) is 2.77. The number of anilines is 1. The first-order chi connectivity index (χ1) is 14.9. The quantitative estimate of drug-likeness (QED) is 0.523. The Kier molecular flexibility index (Phi) is 6.09. The van der Waals surface area contributed by atoms with Crippen molar-refractivity contribution < 1.29 is 18.7 Å². The van der Waals surface area contributed by atoms with Crippen molar-refractivity contribution in [2.75, 3.05) is 37.7 Å². The molecule has 0 unspecified atom stereocenters. The van der Waals surface area contributed by atoms with Crippen LogP contribution in [0, 0.1) is 5.82 Å². The molecule has 0 aromatic heterocycles. The molecule has 7 heteroatoms. The molecule has 0 N–H and O–H groups in total. The first-order valence-electron chi connectivity index (χ1n) is 10.1. The third-order valence-electron chi connectivity index (χ3n) is 5.43. The molecule has 0 aliphatic carbocycles. The van der Waals surface area contributed by atoms with Crippen LogP contribution in [0.4, 0.5) is 10.1 Å². The fourth-order valence-electron chi connectivity index (χ4n) is 3.70. The summed E-state index contributed by atoms with van der Waals surface area (Å²) in [5.41, 5.74) is 2.58. The molecule has 31 heavy (non-hydrogen) atoms. The summed E-state index contributed by atoms with van der Waals surface area (Å²) in [7, 11) is 0. The van der Waals surface area contributed by atoms with Gasteiger partial charge in [-0.3, -0.25) is 9.59 Å². The second-order valence-electron chi connectivity index (χ2n) is 7.56. The predicted molar refractivity (Wildman–Crippen MR) is 119 cm³/mol. The molecule has 1 fully saturated rings. The van der Waals surface area contributed by atoms with Crippen molar-refractivity contribution in [3.63, 3.8) is 0 Å². The third-order valence-corrected chi connectivity index (χ3v) is 5.67. The minimum atomic E-state index is -0.419. The number of piperazine rings is 1. The maximum Gasteiger partial charge on any atom is 0.246 e. The lowest BCUT2D eigenvalue weighted by molar-refractivity contribution is -0.126. The van der Waals surface area contributed by atoms with Gasteiger partial charge in [-0.15, -0.1) is 0 Å². The number of amides is 1. The van der Waals surface area contributed by atoms with E-state index in [0.717, 1.165) is 16.9 Å². The van der Waals surface area contributed by atoms with Crippen molar-refractivity contribution in [3.8, 4) is 5.75 Å². The van der Waals surface area contributed by atoms with Crippen LogP contribution in [0.3, 0.4) is 0 Å². The minimum absolute atomic E-state index is 0.0927. The predicted octanol–water partition coefficient (Wildman–Crippen LogP) is 4.36. The van der Waals surface area contributed by atoms with E-state index in [1.807, 2.05) is 23.1 Å². The molecule has 0 radical (unpaired) electrons. The Labute approximate surface area is 185 Å². The van der Waals surface area contributed by atoms with Crippen LogP contribution >= 0.6 is 11.6 Å². The summed E-state index contributed by atoms with van der Waals surface area (Å²) in [6.07, 6.45) is 5.27. The number of Topliss-reactive ketones (excluding diaryl/α,β-unsaturated/α-hetero) is 1. The zero-order valence-corrected chi connectivity index (χ0v) is 17.9. The van der Waals surface area contributed by atoms with Gasteiger partial charge in [0.25, 0.3) is 0 Å². The van der Waals surface area contributed by atoms with Crippen LogP contribution in [-0.2, 0) is 4.79 Å². The summed E-state index contributed by atoms with van der Waals surface area (Å²) in [6.45, 7) is 3.83. The maximum absolute atomic E-state index is 14.4. The molecule has 0 bridgehead atoms. The number of hydrogen-bond acceptors (Lipinski definition) is 4. The van der Waals surface area contributed by atoms with Crippen LogP contribution in [0.5, 0.6) is 5.75 Å². The summed E-state index contributed by atoms with van der Waals surface area (Å²) in [5.74, 6) is 0.0899. The van der Waals surface area contributed by atoms with E-state index in [1.54, 1.807) is 35.3 Å². The summed E-state index contributed by atoms with van der Waals surface area (Å²) in [5, 5.41) is 0.630. The number of hydrogen-bond donors (Lipinski definition) is 0. The second-order valence-corrected chi connectivity index (χ2v) is 7.99. The van der Waals surface area contributed by atoms with Crippen molar-refractivity contribution in [2.24, 2.45) is 0 Å². The molecule has 0 saturated carbocycles. The van der Waals surface area contributed by atoms with Gasteiger partial charge in [-0.2, -0.15) is 0 Å². The fraction of sp³-hybridized carbons (Fsp3) is 0.250. The van der Waals surface area contributed by atoms with Crippen LogP contribution in [0.15, 0.2) is 54.1 Å². The van der Waals surface area contributed by atoms with Crippen LogP contribution < -0.4 is 9.64 Å². The Morgan fingerprint density at radius 1 is 1.10 bits per heavy atom. The number of rotatable bonds is 4. The molecular formula is C24H22ClFN2O3. The molecule has 2 heterocycles. The van der Waals surface area contributed by atoms with E-state index >= 15 is 0 Å². The zero-order valence-electron chi connectivity index (χ0n) is 17.1. The summed E-state index contributed by atoms with van der Waals surface area (Å²) >= 11 is 6.03. The standard InChI is InChI=1S/C24H22ClFN2O3/c1-16(29)18-3-5-22(21(26)14-18)27-8-10-28(11-9-27)24(30)7-2-17-12-19-13-20(25)4-6-23(19)31-15-17/h2-7,12-14H,8-11,15H2,1H3/b7-2+. The van der Waals surface area contributed by atoms with E-state index in [4.69, 9.17) is 16.3 Å². The maximum atomic E-state index is 14.4. The van der Waals surface area contributed by atoms with Crippen molar-refractivity contribution in [2.45, 2.75) is 6.92 Å². The van der Waals surface area contributed by atoms with Gasteiger partial charge in [0.05, 0.1) is 5.69 Å². The largest absolute Gasteiger partial charge is 0.488 e. The van der Waals surface area contributed by atoms with Gasteiger partial charge in [0, 0.05) is 48.4 Å². The number of carbonyl (C=O) groups excluding carboxylic acids is 2. The minimum Gasteiger partial charge on any atom is -0.488 e. The van der Waals surface area contributed by atoms with E-state index in [9.17, 15) is 14.0 Å². The van der Waals surface area contributed by atoms with Crippen LogP contribution in [0.25, 0.3) is 6.08 Å². The van der Waals surface area contributed by atoms with Gasteiger partial charge in [0.2, 0.25) is 5.91 Å². The van der Waals surface area contributed by atoms with Gasteiger partial charge in [-0.1, -0.05) is 17.7 Å². The van der Waals surface area contributed by atoms with E-state index in [1.165, 1.54) is 13.0 Å². The molecule has 160 valence electrons. The van der Waals surface area contributed by atoms with Crippen LogP contribution in [0.1, 0.15) is 22.8 Å². The molecule has 0 atom stereocenters. The molecular weight excluding hydrogens is 419 g/mol. The summed E-state index contributed by atoms with van der Waals surface area (Å²) < 4.78 is 20.1. The lowest BCUT2D eigenvalue weighted by atomic mass is 10.1. The van der Waals surface area contributed by atoms with E-state index in [0.29, 0.717) is 49.1 Å². The third kappa shape index (κ3) is 4.80. The highest BCUT2D eigenvalue weighted by atomic mass is 35.5. The van der Waals surface area contributed by atoms with Crippen molar-refractivity contribution in [3.05, 3.63) is 76.1 Å². The zero-order chi connectivity index (χ0) is 22.0. The molecule has 2 aliphatic rings. The van der Waals surface area contributed by atoms with Crippen LogP contribution in [0.2, 0.25) is 5.02 Å². The number of fused-ring (bicyclic) bond motifs is 1. The van der Waals surface area contributed by atoms with Gasteiger partial charge in [0.15, 0.2) is 5.78 Å². The molecule has 4 rings (SSSR count). The highest BCUT2D eigenvalue weighted by Gasteiger charge is 2.22. The first kappa shape index (κ1) is 21.1. The van der Waals surface area contributed by atoms with Gasteiger partial charge >= 0.3 is 0 Å². The second kappa shape index (κ2) is 8.94. The molecule has 2 aliphatic heterocycles. The first-order valence-corrected chi connectivity index (χ1v) is 10.4. The highest BCUT2D eigenvalue weighted by molar-refractivity contribution is 6.30. The normalized spacial score (nSPS) is 16.0. The molecule has 1 saturated heterocycles. The Balaban J connectivity index is 1.36. The number of halogens is 2. The number of benzene rings is 2. The number of nitrogens with zero attached hydrogens (tertiary/aromatic N) is 2. The monoisotopic (exact) mass is 440 g/mol. The van der Waals surface area contributed by atoms with Gasteiger partial charge in [-0.25, -0.2) is 4.39 Å². The van der Waals surface area contributed by atoms with Gasteiger partial charge in [-0.05, 0) is 55.0 Å². The smallest absolute Gasteiger partial charge is 0.246 e. The van der Waals surface area contributed by atoms with Crippen molar-refractivity contribution in [1.29, 1.82) is 0 Å². The molecule has 2 aromatic carbocycles. The molecule has 1 amide bonds. The topological polar surface area (TPSA) is 49.9 Å². The number of ketones is 1. The number of ether oxygens (including phenoxy) is 1. The lowest BCUT2D eigenvalue weighted by Gasteiger charge is -2.35. The Morgan fingerprint density at radius 2 is 1.87 bits per heavy atom. The average molecular weight is 441 g/mol. The van der Waals surface area contributed by atoms with Crippen molar-refractivity contribution in [1.82, 2.24) is 4.90 Å². The van der Waals surface area contributed by atoms with Gasteiger partial charge < -0.3 is 14.5 Å². The fourth-order valence-corrected chi connectivity index (χ4v) is 3.88. The van der Waals surface area contributed by atoms with E-state index in [-0.39, 0.29) is 11.7 Å². The number of carbonyl (C=O) groups is 2. The Morgan fingerprint density at radius 3 is 2.58 bits per heavy atom. The molecule has 0 spiro atoms. The summed E-state index contributed by atoms with van der Waals surface area (Å²) in [6, 6.07) is 9.96. The van der Waals surface area contributed by atoms with Crippen LogP contribution in [-0.4, -0.2) is 49.4 Å². The van der Waals surface area contributed by atoms with Crippen molar-refractivity contribution >= 4 is 35.1 Å². The SMILES string of the molecule is CC(=O)c1ccc(N2CCN(C(=O)/C=C/C3=Cc4cc(Cl)ccc4OC3)CC2)c(F)c1. The Hall–Kier alpha value is -3.12. The molecule has 2 aromatic rings. The van der Waals surface area contributed by atoms with E-state index < -0.39 is 5.82 Å². The van der Waals surface area contributed by atoms with E-state index in [2.05, 4.69) is 0 Å². The van der Waals surface area contributed by atoms with Gasteiger partial charge in [0.1, 0.15) is 18.2 Å². The highest BCUT2D eigenvalue weighted by Crippen LogP contribution is 2.29. The lowest BCUT2D eigenvalue weighted by Crippen LogP contribution is -2.48.